The summed E-state index contributed by atoms with van der Waals surface area (Å²) in [6.07, 6.45) is 3.82. The average molecular weight is 466 g/mol. The molecule has 0 atom stereocenters. The first kappa shape index (κ1) is 23.4. The quantitative estimate of drug-likeness (QED) is 0.462. The van der Waals surface area contributed by atoms with Gasteiger partial charge in [-0.15, -0.1) is 11.3 Å². The number of hydrogen-bond donors (Lipinski definition) is 1. The number of benzene rings is 1. The maximum Gasteiger partial charge on any atom is 0.309 e. The smallest absolute Gasteiger partial charge is 0.309 e. The van der Waals surface area contributed by atoms with Gasteiger partial charge < -0.3 is 9.84 Å². The summed E-state index contributed by atoms with van der Waals surface area (Å²) in [7, 11) is 0. The molecule has 4 rings (SSSR count). The molecule has 1 aliphatic rings. The van der Waals surface area contributed by atoms with Crippen molar-refractivity contribution in [2.24, 2.45) is 5.92 Å². The van der Waals surface area contributed by atoms with Gasteiger partial charge in [0, 0.05) is 31.4 Å². The molecule has 0 bridgehead atoms. The Morgan fingerprint density at radius 3 is 2.67 bits per heavy atom. The van der Waals surface area contributed by atoms with Gasteiger partial charge in [0.2, 0.25) is 0 Å². The SMILES string of the molecule is CCc1cc(-c2cnc(-c3ccc(CN4CC(C(=O)O)C4)nc3CC)s2)ccc1OC(C)C. The van der Waals surface area contributed by atoms with Crippen molar-refractivity contribution in [3.05, 3.63) is 53.5 Å². The lowest BCUT2D eigenvalue weighted by atomic mass is 10.0. The number of aromatic nitrogens is 2. The number of likely N-dealkylation sites (tertiary alicyclic amines) is 1. The molecule has 2 aromatic heterocycles. The molecule has 0 spiro atoms. The molecule has 1 N–H and O–H groups in total. The zero-order chi connectivity index (χ0) is 23.5. The third kappa shape index (κ3) is 5.25. The fourth-order valence-electron chi connectivity index (χ4n) is 4.09. The van der Waals surface area contributed by atoms with E-state index in [1.165, 1.54) is 5.56 Å². The van der Waals surface area contributed by atoms with Gasteiger partial charge in [-0.05, 0) is 68.1 Å². The Bertz CT molecular complexity index is 1140. The summed E-state index contributed by atoms with van der Waals surface area (Å²) in [5, 5.41) is 10.0. The average Bonchev–Trinajstić information content (AvgIpc) is 3.25. The maximum atomic E-state index is 11.0. The first-order valence-corrected chi connectivity index (χ1v) is 12.4. The van der Waals surface area contributed by atoms with E-state index < -0.39 is 5.97 Å². The van der Waals surface area contributed by atoms with Crippen LogP contribution in [0.15, 0.2) is 36.5 Å². The van der Waals surface area contributed by atoms with E-state index in [0.29, 0.717) is 19.6 Å². The van der Waals surface area contributed by atoms with E-state index in [1.807, 2.05) is 26.1 Å². The number of carboxylic acid groups (broad SMARTS) is 1. The van der Waals surface area contributed by atoms with Gasteiger partial charge in [0.25, 0.3) is 0 Å². The second kappa shape index (κ2) is 10.0. The molecule has 0 radical (unpaired) electrons. The summed E-state index contributed by atoms with van der Waals surface area (Å²) in [6, 6.07) is 10.5. The van der Waals surface area contributed by atoms with E-state index in [-0.39, 0.29) is 12.0 Å². The molecule has 174 valence electrons. The van der Waals surface area contributed by atoms with E-state index in [9.17, 15) is 4.79 Å². The number of aryl methyl sites for hydroxylation is 2. The fourth-order valence-corrected chi connectivity index (χ4v) is 5.05. The number of pyridine rings is 1. The Balaban J connectivity index is 1.53. The minimum atomic E-state index is -0.712. The van der Waals surface area contributed by atoms with Crippen LogP contribution in [0.1, 0.15) is 44.6 Å². The summed E-state index contributed by atoms with van der Waals surface area (Å²) in [5.74, 6) is -0.00895. The Hall–Kier alpha value is -2.77. The highest BCUT2D eigenvalue weighted by atomic mass is 32.1. The van der Waals surface area contributed by atoms with Gasteiger partial charge >= 0.3 is 5.97 Å². The Labute approximate surface area is 199 Å². The van der Waals surface area contributed by atoms with Crippen LogP contribution in [0.3, 0.4) is 0 Å². The summed E-state index contributed by atoms with van der Waals surface area (Å²) >= 11 is 1.68. The molecule has 0 unspecified atom stereocenters. The van der Waals surface area contributed by atoms with E-state index >= 15 is 0 Å². The number of carboxylic acids is 1. The van der Waals surface area contributed by atoms with Gasteiger partial charge in [0.15, 0.2) is 0 Å². The van der Waals surface area contributed by atoms with Crippen LogP contribution in [0.5, 0.6) is 5.75 Å². The van der Waals surface area contributed by atoms with Gasteiger partial charge in [0.05, 0.1) is 28.3 Å². The predicted octanol–water partition coefficient (Wildman–Crippen LogP) is 5.30. The topological polar surface area (TPSA) is 75.6 Å². The zero-order valence-corrected chi connectivity index (χ0v) is 20.5. The van der Waals surface area contributed by atoms with Gasteiger partial charge in [0.1, 0.15) is 10.8 Å². The van der Waals surface area contributed by atoms with Crippen molar-refractivity contribution >= 4 is 17.3 Å². The van der Waals surface area contributed by atoms with Gasteiger partial charge in [-0.3, -0.25) is 14.7 Å². The van der Waals surface area contributed by atoms with E-state index in [1.54, 1.807) is 11.3 Å². The molecule has 0 aliphatic carbocycles. The Morgan fingerprint density at radius 1 is 1.21 bits per heavy atom. The second-order valence-corrected chi connectivity index (χ2v) is 9.78. The van der Waals surface area contributed by atoms with Crippen molar-refractivity contribution in [1.82, 2.24) is 14.9 Å². The van der Waals surface area contributed by atoms with Gasteiger partial charge in [-0.25, -0.2) is 4.98 Å². The van der Waals surface area contributed by atoms with Crippen molar-refractivity contribution in [3.63, 3.8) is 0 Å². The predicted molar refractivity (Wildman–Crippen MR) is 132 cm³/mol. The van der Waals surface area contributed by atoms with Gasteiger partial charge in [-0.2, -0.15) is 0 Å². The third-order valence-corrected chi connectivity index (χ3v) is 6.96. The molecule has 0 saturated carbocycles. The highest BCUT2D eigenvalue weighted by Gasteiger charge is 2.32. The molecule has 33 heavy (non-hydrogen) atoms. The van der Waals surface area contributed by atoms with Gasteiger partial charge in [-0.1, -0.05) is 13.8 Å². The molecule has 6 nitrogen and oxygen atoms in total. The number of thiazole rings is 1. The van der Waals surface area contributed by atoms with Crippen molar-refractivity contribution in [1.29, 1.82) is 0 Å². The van der Waals surface area contributed by atoms with Crippen LogP contribution in [-0.2, 0) is 24.2 Å². The number of rotatable bonds is 9. The normalized spacial score (nSPS) is 14.5. The number of nitrogens with zero attached hydrogens (tertiary/aromatic N) is 3. The van der Waals surface area contributed by atoms with Crippen LogP contribution in [0, 0.1) is 5.92 Å². The van der Waals surface area contributed by atoms with E-state index in [4.69, 9.17) is 19.8 Å². The van der Waals surface area contributed by atoms with Crippen molar-refractivity contribution in [3.8, 4) is 26.8 Å². The molecule has 1 aliphatic heterocycles. The zero-order valence-electron chi connectivity index (χ0n) is 19.7. The minimum absolute atomic E-state index is 0.152. The van der Waals surface area contributed by atoms with Crippen molar-refractivity contribution in [2.45, 2.75) is 53.2 Å². The Morgan fingerprint density at radius 2 is 2.00 bits per heavy atom. The number of ether oxygens (including phenoxy) is 1. The molecule has 0 amide bonds. The van der Waals surface area contributed by atoms with Crippen LogP contribution >= 0.6 is 11.3 Å². The molecular weight excluding hydrogens is 434 g/mol. The standard InChI is InChI=1S/C26H31N3O3S/c1-5-17-11-18(7-10-23(17)32-16(3)4)24-12-27-25(33-24)21-9-8-20(28-22(21)6-2)15-29-13-19(14-29)26(30)31/h7-12,16,19H,5-6,13-15H2,1-4H3,(H,30,31). The maximum absolute atomic E-state index is 11.0. The van der Waals surface area contributed by atoms with E-state index in [0.717, 1.165) is 51.0 Å². The summed E-state index contributed by atoms with van der Waals surface area (Å²) < 4.78 is 5.95. The first-order chi connectivity index (χ1) is 15.9. The fraction of sp³-hybridized carbons (Fsp3) is 0.423. The largest absolute Gasteiger partial charge is 0.491 e. The van der Waals surface area contributed by atoms with Crippen LogP contribution in [-0.4, -0.2) is 45.1 Å². The number of carbonyl (C=O) groups is 1. The van der Waals surface area contributed by atoms with Crippen LogP contribution in [0.2, 0.25) is 0 Å². The number of aliphatic carboxylic acids is 1. The molecule has 3 heterocycles. The monoisotopic (exact) mass is 465 g/mol. The molecule has 1 aromatic carbocycles. The summed E-state index contributed by atoms with van der Waals surface area (Å²) in [6.45, 7) is 10.2. The van der Waals surface area contributed by atoms with Crippen LogP contribution in [0.25, 0.3) is 21.0 Å². The highest BCUT2D eigenvalue weighted by molar-refractivity contribution is 7.18. The van der Waals surface area contributed by atoms with Crippen molar-refractivity contribution < 1.29 is 14.6 Å². The minimum Gasteiger partial charge on any atom is -0.491 e. The summed E-state index contributed by atoms with van der Waals surface area (Å²) in [5.41, 5.74) is 5.43. The lowest BCUT2D eigenvalue weighted by molar-refractivity contribution is -0.147. The Kier molecular flexibility index (Phi) is 7.10. The first-order valence-electron chi connectivity index (χ1n) is 11.6. The highest BCUT2D eigenvalue weighted by Crippen LogP contribution is 2.36. The molecule has 1 saturated heterocycles. The lowest BCUT2D eigenvalue weighted by Crippen LogP contribution is -2.49. The number of hydrogen-bond acceptors (Lipinski definition) is 6. The molecule has 1 fully saturated rings. The molecule has 3 aromatic rings. The lowest BCUT2D eigenvalue weighted by Gasteiger charge is -2.36. The third-order valence-electron chi connectivity index (χ3n) is 5.88. The summed E-state index contributed by atoms with van der Waals surface area (Å²) in [4.78, 5) is 23.9. The van der Waals surface area contributed by atoms with Crippen LogP contribution < -0.4 is 4.74 Å². The van der Waals surface area contributed by atoms with Crippen LogP contribution in [0.4, 0.5) is 0 Å². The molecule has 7 heteroatoms. The van der Waals surface area contributed by atoms with Crippen molar-refractivity contribution in [2.75, 3.05) is 13.1 Å². The molecular formula is C26H31N3O3S. The second-order valence-electron chi connectivity index (χ2n) is 8.75. The van der Waals surface area contributed by atoms with E-state index in [2.05, 4.69) is 43.0 Å².